The molecule has 0 radical (unpaired) electrons. The standard InChI is InChI=1S/C6H13O9P/c7-1-3-4(8)5(9)6(10,15-3)2-14-16(11,12)13/h3-5,7-10H,1-2H2,(H2,11,12,13)/p-2/t3-,4+,5-,6?/m0/s1. The molecule has 0 aromatic carbocycles. The van der Waals surface area contributed by atoms with Crippen LogP contribution in [0.2, 0.25) is 0 Å². The average Bonchev–Trinajstić information content (AvgIpc) is 2.40. The first-order valence-electron chi connectivity index (χ1n) is 4.23. The van der Waals surface area contributed by atoms with Gasteiger partial charge in [-0.1, -0.05) is 0 Å². The zero-order valence-electron chi connectivity index (χ0n) is 7.92. The highest BCUT2D eigenvalue weighted by atomic mass is 31.2. The SMILES string of the molecule is O=P([O-])([O-])OCC1(O)O[C@@H](CO)[C@@H](O)[C@@H]1O. The molecular formula is C6H11O9P-2. The summed E-state index contributed by atoms with van der Waals surface area (Å²) in [5, 5.41) is 36.8. The van der Waals surface area contributed by atoms with E-state index in [1.54, 1.807) is 0 Å². The normalized spacial score (nSPS) is 40.2. The minimum Gasteiger partial charge on any atom is -0.790 e. The van der Waals surface area contributed by atoms with E-state index < -0.39 is 45.1 Å². The van der Waals surface area contributed by atoms with Crippen LogP contribution in [0.25, 0.3) is 0 Å². The van der Waals surface area contributed by atoms with Crippen LogP contribution in [0.1, 0.15) is 0 Å². The quantitative estimate of drug-likeness (QED) is 0.365. The van der Waals surface area contributed by atoms with Gasteiger partial charge in [0.2, 0.25) is 5.79 Å². The molecule has 1 aliphatic heterocycles. The number of rotatable bonds is 4. The number of aliphatic hydroxyl groups excluding tert-OH is 3. The second kappa shape index (κ2) is 4.65. The molecule has 0 saturated carbocycles. The third kappa shape index (κ3) is 2.98. The van der Waals surface area contributed by atoms with Crippen molar-refractivity contribution in [2.24, 2.45) is 0 Å². The topological polar surface area (TPSA) is 163 Å². The van der Waals surface area contributed by atoms with Crippen LogP contribution < -0.4 is 9.79 Å². The maximum absolute atomic E-state index is 10.2. The van der Waals surface area contributed by atoms with Crippen molar-refractivity contribution in [3.05, 3.63) is 0 Å². The summed E-state index contributed by atoms with van der Waals surface area (Å²) < 4.78 is 18.5. The molecule has 0 aliphatic carbocycles. The molecule has 10 heteroatoms. The molecule has 1 rings (SSSR count). The van der Waals surface area contributed by atoms with Gasteiger partial charge in [0.05, 0.1) is 14.4 Å². The van der Waals surface area contributed by atoms with E-state index in [2.05, 4.69) is 9.26 Å². The van der Waals surface area contributed by atoms with Crippen molar-refractivity contribution < 1.29 is 44.0 Å². The van der Waals surface area contributed by atoms with E-state index in [9.17, 15) is 29.7 Å². The number of aliphatic hydroxyl groups is 4. The van der Waals surface area contributed by atoms with E-state index in [0.717, 1.165) is 0 Å². The predicted octanol–water partition coefficient (Wildman–Crippen LogP) is -4.37. The van der Waals surface area contributed by atoms with Crippen LogP contribution in [0.4, 0.5) is 0 Å². The van der Waals surface area contributed by atoms with Crippen molar-refractivity contribution >= 4 is 7.82 Å². The highest BCUT2D eigenvalue weighted by molar-refractivity contribution is 7.43. The summed E-state index contributed by atoms with van der Waals surface area (Å²) in [5.74, 6) is -2.54. The van der Waals surface area contributed by atoms with Gasteiger partial charge in [0.1, 0.15) is 24.9 Å². The van der Waals surface area contributed by atoms with E-state index in [4.69, 9.17) is 5.11 Å². The molecule has 0 amide bonds. The molecule has 4 atom stereocenters. The number of hydrogen-bond acceptors (Lipinski definition) is 9. The Morgan fingerprint density at radius 3 is 2.38 bits per heavy atom. The number of hydrogen-bond donors (Lipinski definition) is 4. The molecule has 0 aromatic heterocycles. The molecule has 1 fully saturated rings. The first-order chi connectivity index (χ1) is 7.19. The van der Waals surface area contributed by atoms with Crippen LogP contribution in [0.3, 0.4) is 0 Å². The maximum atomic E-state index is 10.2. The Balaban J connectivity index is 2.67. The summed E-state index contributed by atoms with van der Waals surface area (Å²) in [5.41, 5.74) is 0. The molecule has 16 heavy (non-hydrogen) atoms. The summed E-state index contributed by atoms with van der Waals surface area (Å²) in [6.45, 7) is -1.86. The Bertz CT molecular complexity index is 290. The summed E-state index contributed by atoms with van der Waals surface area (Å²) in [7, 11) is -5.33. The first-order valence-corrected chi connectivity index (χ1v) is 5.69. The Labute approximate surface area is 90.1 Å². The van der Waals surface area contributed by atoms with Gasteiger partial charge in [0.25, 0.3) is 0 Å². The van der Waals surface area contributed by atoms with Crippen LogP contribution in [0, 0.1) is 0 Å². The minimum absolute atomic E-state index is 0.701. The van der Waals surface area contributed by atoms with Crippen LogP contribution in [0.15, 0.2) is 0 Å². The van der Waals surface area contributed by atoms with Crippen molar-refractivity contribution in [3.63, 3.8) is 0 Å². The lowest BCUT2D eigenvalue weighted by Gasteiger charge is -2.33. The smallest absolute Gasteiger partial charge is 0.219 e. The van der Waals surface area contributed by atoms with Gasteiger partial charge in [0.15, 0.2) is 0 Å². The number of phosphoric acid groups is 1. The number of ether oxygens (including phenoxy) is 1. The lowest BCUT2D eigenvalue weighted by atomic mass is 10.1. The fourth-order valence-electron chi connectivity index (χ4n) is 1.31. The van der Waals surface area contributed by atoms with Crippen LogP contribution in [0.5, 0.6) is 0 Å². The van der Waals surface area contributed by atoms with Gasteiger partial charge >= 0.3 is 0 Å². The second-order valence-corrected chi connectivity index (χ2v) is 4.49. The molecule has 0 aromatic rings. The third-order valence-corrected chi connectivity index (χ3v) is 2.58. The summed E-state index contributed by atoms with van der Waals surface area (Å²) >= 11 is 0. The van der Waals surface area contributed by atoms with E-state index in [1.807, 2.05) is 0 Å². The van der Waals surface area contributed by atoms with Gasteiger partial charge in [-0.3, -0.25) is 0 Å². The zero-order valence-corrected chi connectivity index (χ0v) is 8.82. The predicted molar refractivity (Wildman–Crippen MR) is 42.5 cm³/mol. The monoisotopic (exact) mass is 258 g/mol. The van der Waals surface area contributed by atoms with Gasteiger partial charge in [-0.25, -0.2) is 0 Å². The van der Waals surface area contributed by atoms with Gasteiger partial charge < -0.3 is 44.0 Å². The van der Waals surface area contributed by atoms with Gasteiger partial charge in [-0.15, -0.1) is 0 Å². The van der Waals surface area contributed by atoms with Crippen LogP contribution in [-0.4, -0.2) is 57.7 Å². The van der Waals surface area contributed by atoms with Crippen molar-refractivity contribution in [1.82, 2.24) is 0 Å². The molecule has 1 saturated heterocycles. The van der Waals surface area contributed by atoms with E-state index in [1.165, 1.54) is 0 Å². The second-order valence-electron chi connectivity index (χ2n) is 3.34. The zero-order chi connectivity index (χ0) is 12.6. The Kier molecular flexibility index (Phi) is 4.06. The fourth-order valence-corrected chi connectivity index (χ4v) is 1.65. The van der Waals surface area contributed by atoms with Gasteiger partial charge in [-0.05, 0) is 0 Å². The molecule has 96 valence electrons. The van der Waals surface area contributed by atoms with Crippen molar-refractivity contribution in [2.75, 3.05) is 13.2 Å². The maximum Gasteiger partial charge on any atom is 0.219 e. The minimum atomic E-state index is -5.33. The van der Waals surface area contributed by atoms with Crippen molar-refractivity contribution in [2.45, 2.75) is 24.1 Å². The summed E-state index contributed by atoms with van der Waals surface area (Å²) in [4.78, 5) is 20.3. The highest BCUT2D eigenvalue weighted by Gasteiger charge is 2.53. The summed E-state index contributed by atoms with van der Waals surface area (Å²) in [6.07, 6.45) is -4.80. The molecule has 1 heterocycles. The fraction of sp³-hybridized carbons (Fsp3) is 1.00. The largest absolute Gasteiger partial charge is 0.790 e. The van der Waals surface area contributed by atoms with Crippen molar-refractivity contribution in [1.29, 1.82) is 0 Å². The van der Waals surface area contributed by atoms with E-state index in [0.29, 0.717) is 0 Å². The lowest BCUT2D eigenvalue weighted by Crippen LogP contribution is -2.47. The Morgan fingerprint density at radius 1 is 1.44 bits per heavy atom. The molecular weight excluding hydrogens is 247 g/mol. The van der Waals surface area contributed by atoms with Crippen LogP contribution >= 0.6 is 7.82 Å². The molecule has 1 unspecified atom stereocenters. The van der Waals surface area contributed by atoms with Crippen molar-refractivity contribution in [3.8, 4) is 0 Å². The van der Waals surface area contributed by atoms with E-state index in [-0.39, 0.29) is 0 Å². The molecule has 0 spiro atoms. The Hall–Kier alpha value is -0.0900. The molecule has 4 N–H and O–H groups in total. The van der Waals surface area contributed by atoms with E-state index >= 15 is 0 Å². The van der Waals surface area contributed by atoms with Crippen LogP contribution in [-0.2, 0) is 13.8 Å². The highest BCUT2D eigenvalue weighted by Crippen LogP contribution is 2.34. The lowest BCUT2D eigenvalue weighted by molar-refractivity contribution is -0.350. The Morgan fingerprint density at radius 2 is 2.00 bits per heavy atom. The third-order valence-electron chi connectivity index (χ3n) is 2.13. The van der Waals surface area contributed by atoms with Gasteiger partial charge in [-0.2, -0.15) is 0 Å². The first kappa shape index (κ1) is 14.0. The molecule has 0 bridgehead atoms. The molecule has 1 aliphatic rings. The summed E-state index contributed by atoms with van der Waals surface area (Å²) in [6, 6.07) is 0. The van der Waals surface area contributed by atoms with Gasteiger partial charge in [0, 0.05) is 0 Å². The molecule has 9 nitrogen and oxygen atoms in total. The average molecular weight is 258 g/mol. The number of phosphoric ester groups is 1.